The molecule has 2 unspecified atom stereocenters. The van der Waals surface area contributed by atoms with Crippen LogP contribution in [0.25, 0.3) is 0 Å². The molecule has 0 amide bonds. The Bertz CT molecular complexity index is 199. The van der Waals surface area contributed by atoms with Gasteiger partial charge < -0.3 is 5.11 Å². The standard InChI is InChI=1S/C13H22O/c1-2-3-4-5-6-7-9-12-10-8-11-13(12)14/h12-14H,2-6,8,10-11H2,1H3. The summed E-state index contributed by atoms with van der Waals surface area (Å²) in [6.07, 6.45) is 9.22. The van der Waals surface area contributed by atoms with E-state index in [9.17, 15) is 5.11 Å². The van der Waals surface area contributed by atoms with Crippen molar-refractivity contribution in [2.24, 2.45) is 5.92 Å². The molecular weight excluding hydrogens is 172 g/mol. The molecule has 0 aromatic heterocycles. The van der Waals surface area contributed by atoms with Gasteiger partial charge in [-0.05, 0) is 25.7 Å². The van der Waals surface area contributed by atoms with Gasteiger partial charge in [-0.1, -0.05) is 32.1 Å². The molecule has 1 aliphatic carbocycles. The predicted molar refractivity (Wildman–Crippen MR) is 59.9 cm³/mol. The predicted octanol–water partition coefficient (Wildman–Crippen LogP) is 3.12. The van der Waals surface area contributed by atoms with Gasteiger partial charge in [-0.3, -0.25) is 0 Å². The van der Waals surface area contributed by atoms with Crippen LogP contribution in [-0.2, 0) is 0 Å². The molecule has 1 saturated carbocycles. The van der Waals surface area contributed by atoms with Crippen molar-refractivity contribution in [2.45, 2.75) is 64.4 Å². The number of hydrogen-bond acceptors (Lipinski definition) is 1. The highest BCUT2D eigenvalue weighted by Crippen LogP contribution is 2.24. The van der Waals surface area contributed by atoms with Crippen LogP contribution in [-0.4, -0.2) is 11.2 Å². The molecule has 1 rings (SSSR count). The number of unbranched alkanes of at least 4 members (excludes halogenated alkanes) is 4. The van der Waals surface area contributed by atoms with Crippen LogP contribution in [0.2, 0.25) is 0 Å². The first-order chi connectivity index (χ1) is 6.84. The third kappa shape index (κ3) is 4.15. The van der Waals surface area contributed by atoms with Gasteiger partial charge in [-0.25, -0.2) is 0 Å². The Morgan fingerprint density at radius 1 is 1.21 bits per heavy atom. The van der Waals surface area contributed by atoms with Gasteiger partial charge in [-0.2, -0.15) is 0 Å². The van der Waals surface area contributed by atoms with E-state index >= 15 is 0 Å². The number of rotatable bonds is 4. The van der Waals surface area contributed by atoms with E-state index in [0.29, 0.717) is 0 Å². The van der Waals surface area contributed by atoms with Gasteiger partial charge in [0.2, 0.25) is 0 Å². The van der Waals surface area contributed by atoms with E-state index in [1.165, 1.54) is 25.7 Å². The van der Waals surface area contributed by atoms with E-state index in [1.54, 1.807) is 0 Å². The number of aliphatic hydroxyl groups excluding tert-OH is 1. The lowest BCUT2D eigenvalue weighted by atomic mass is 10.1. The first kappa shape index (κ1) is 11.6. The van der Waals surface area contributed by atoms with Crippen LogP contribution in [0.15, 0.2) is 0 Å². The summed E-state index contributed by atoms with van der Waals surface area (Å²) < 4.78 is 0. The Hall–Kier alpha value is -0.480. The molecule has 1 aliphatic rings. The van der Waals surface area contributed by atoms with E-state index in [1.807, 2.05) is 0 Å². The highest BCUT2D eigenvalue weighted by Gasteiger charge is 2.22. The monoisotopic (exact) mass is 194 g/mol. The Labute approximate surface area is 87.9 Å². The molecule has 1 heteroatoms. The molecule has 14 heavy (non-hydrogen) atoms. The fourth-order valence-corrected chi connectivity index (χ4v) is 1.95. The molecule has 0 radical (unpaired) electrons. The summed E-state index contributed by atoms with van der Waals surface area (Å²) in [6, 6.07) is 0. The summed E-state index contributed by atoms with van der Waals surface area (Å²) in [5, 5.41) is 9.53. The third-order valence-corrected chi connectivity index (χ3v) is 2.92. The van der Waals surface area contributed by atoms with Crippen LogP contribution in [0.3, 0.4) is 0 Å². The van der Waals surface area contributed by atoms with Crippen molar-refractivity contribution in [3.63, 3.8) is 0 Å². The second-order valence-corrected chi connectivity index (χ2v) is 4.24. The maximum Gasteiger partial charge on any atom is 0.0677 e. The molecule has 0 bridgehead atoms. The molecule has 0 aromatic rings. The summed E-state index contributed by atoms with van der Waals surface area (Å²) >= 11 is 0. The zero-order valence-electron chi connectivity index (χ0n) is 9.26. The lowest BCUT2D eigenvalue weighted by Gasteiger charge is -2.04. The number of hydrogen-bond donors (Lipinski definition) is 1. The zero-order valence-corrected chi connectivity index (χ0v) is 9.26. The smallest absolute Gasteiger partial charge is 0.0677 e. The summed E-state index contributed by atoms with van der Waals surface area (Å²) in [6.45, 7) is 2.22. The van der Waals surface area contributed by atoms with E-state index in [2.05, 4.69) is 18.8 Å². The van der Waals surface area contributed by atoms with Crippen molar-refractivity contribution in [3.05, 3.63) is 0 Å². The first-order valence-electron chi connectivity index (χ1n) is 6.01. The molecule has 0 saturated heterocycles. The van der Waals surface area contributed by atoms with Gasteiger partial charge >= 0.3 is 0 Å². The van der Waals surface area contributed by atoms with Crippen molar-refractivity contribution in [2.75, 3.05) is 0 Å². The average molecular weight is 194 g/mol. The molecule has 1 fully saturated rings. The SMILES string of the molecule is CCCCCCC#CC1CCCC1O. The van der Waals surface area contributed by atoms with E-state index in [-0.39, 0.29) is 12.0 Å². The molecule has 0 aromatic carbocycles. The molecule has 80 valence electrons. The third-order valence-electron chi connectivity index (χ3n) is 2.92. The molecule has 2 atom stereocenters. The van der Waals surface area contributed by atoms with Crippen LogP contribution in [0, 0.1) is 17.8 Å². The van der Waals surface area contributed by atoms with Gasteiger partial charge in [0, 0.05) is 12.3 Å². The molecule has 0 heterocycles. The minimum absolute atomic E-state index is 0.141. The summed E-state index contributed by atoms with van der Waals surface area (Å²) in [5.74, 6) is 6.69. The lowest BCUT2D eigenvalue weighted by molar-refractivity contribution is 0.157. The van der Waals surface area contributed by atoms with Crippen LogP contribution in [0.4, 0.5) is 0 Å². The van der Waals surface area contributed by atoms with Crippen molar-refractivity contribution >= 4 is 0 Å². The Morgan fingerprint density at radius 2 is 2.07 bits per heavy atom. The summed E-state index contributed by atoms with van der Waals surface area (Å²) in [4.78, 5) is 0. The largest absolute Gasteiger partial charge is 0.392 e. The molecule has 1 N–H and O–H groups in total. The normalized spacial score (nSPS) is 25.9. The molecule has 0 spiro atoms. The van der Waals surface area contributed by atoms with Gasteiger partial charge in [-0.15, -0.1) is 5.92 Å². The second-order valence-electron chi connectivity index (χ2n) is 4.24. The van der Waals surface area contributed by atoms with Gasteiger partial charge in [0.25, 0.3) is 0 Å². The van der Waals surface area contributed by atoms with Crippen LogP contribution < -0.4 is 0 Å². The summed E-state index contributed by atoms with van der Waals surface area (Å²) in [7, 11) is 0. The van der Waals surface area contributed by atoms with Crippen molar-refractivity contribution < 1.29 is 5.11 Å². The average Bonchev–Trinajstić information content (AvgIpc) is 2.58. The molecular formula is C13H22O. The van der Waals surface area contributed by atoms with Gasteiger partial charge in [0.15, 0.2) is 0 Å². The fraction of sp³-hybridized carbons (Fsp3) is 0.846. The minimum atomic E-state index is -0.141. The lowest BCUT2D eigenvalue weighted by Crippen LogP contribution is -2.10. The van der Waals surface area contributed by atoms with Crippen LogP contribution in [0.5, 0.6) is 0 Å². The van der Waals surface area contributed by atoms with Crippen molar-refractivity contribution in [3.8, 4) is 11.8 Å². The number of aliphatic hydroxyl groups is 1. The zero-order chi connectivity index (χ0) is 10.2. The van der Waals surface area contributed by atoms with E-state index < -0.39 is 0 Å². The van der Waals surface area contributed by atoms with Crippen LogP contribution >= 0.6 is 0 Å². The highest BCUT2D eigenvalue weighted by atomic mass is 16.3. The Kier molecular flexibility index (Phi) is 5.71. The Balaban J connectivity index is 2.07. The first-order valence-corrected chi connectivity index (χ1v) is 6.01. The topological polar surface area (TPSA) is 20.2 Å². The van der Waals surface area contributed by atoms with Crippen LogP contribution in [0.1, 0.15) is 58.3 Å². The van der Waals surface area contributed by atoms with E-state index in [4.69, 9.17) is 0 Å². The fourth-order valence-electron chi connectivity index (χ4n) is 1.95. The van der Waals surface area contributed by atoms with Gasteiger partial charge in [0.1, 0.15) is 0 Å². The van der Waals surface area contributed by atoms with Crippen molar-refractivity contribution in [1.29, 1.82) is 0 Å². The second kappa shape index (κ2) is 6.90. The summed E-state index contributed by atoms with van der Waals surface area (Å²) in [5.41, 5.74) is 0. The maximum atomic E-state index is 9.53. The molecule has 0 aliphatic heterocycles. The van der Waals surface area contributed by atoms with Crippen molar-refractivity contribution in [1.82, 2.24) is 0 Å². The molecule has 1 nitrogen and oxygen atoms in total. The quantitative estimate of drug-likeness (QED) is 0.538. The van der Waals surface area contributed by atoms with E-state index in [0.717, 1.165) is 25.7 Å². The highest BCUT2D eigenvalue weighted by molar-refractivity contribution is 5.07. The van der Waals surface area contributed by atoms with Gasteiger partial charge in [0.05, 0.1) is 6.10 Å². The Morgan fingerprint density at radius 3 is 2.71 bits per heavy atom. The minimum Gasteiger partial charge on any atom is -0.392 e. The maximum absolute atomic E-state index is 9.53.